The Morgan fingerprint density at radius 1 is 1.28 bits per heavy atom. The molecule has 92 valence electrons. The van der Waals surface area contributed by atoms with Gasteiger partial charge in [0.1, 0.15) is 0 Å². The molecule has 3 nitrogen and oxygen atoms in total. The van der Waals surface area contributed by atoms with Gasteiger partial charge in [0.15, 0.2) is 0 Å². The van der Waals surface area contributed by atoms with Crippen LogP contribution in [-0.2, 0) is 6.42 Å². The highest BCUT2D eigenvalue weighted by molar-refractivity contribution is 5.92. The molecule has 18 heavy (non-hydrogen) atoms. The van der Waals surface area contributed by atoms with E-state index in [9.17, 15) is 9.90 Å². The fraction of sp³-hybridized carbons (Fsp3) is 0.133. The van der Waals surface area contributed by atoms with E-state index in [1.165, 1.54) is 0 Å². The number of benzene rings is 1. The molecule has 0 unspecified atom stereocenters. The van der Waals surface area contributed by atoms with Crippen molar-refractivity contribution >= 4 is 5.91 Å². The van der Waals surface area contributed by atoms with E-state index in [2.05, 4.69) is 0 Å². The fourth-order valence-electron chi connectivity index (χ4n) is 1.81. The molecule has 0 spiro atoms. The first-order chi connectivity index (χ1) is 8.65. The number of hydrogen-bond acceptors (Lipinski definition) is 2. The van der Waals surface area contributed by atoms with Gasteiger partial charge in [0, 0.05) is 12.0 Å². The van der Waals surface area contributed by atoms with Gasteiger partial charge in [0.25, 0.3) is 0 Å². The Morgan fingerprint density at radius 3 is 2.67 bits per heavy atom. The van der Waals surface area contributed by atoms with E-state index < -0.39 is 5.91 Å². The molecule has 0 radical (unpaired) electrons. The summed E-state index contributed by atoms with van der Waals surface area (Å²) >= 11 is 0. The first-order valence-corrected chi connectivity index (χ1v) is 5.79. The fourth-order valence-corrected chi connectivity index (χ4v) is 1.81. The van der Waals surface area contributed by atoms with Crippen molar-refractivity contribution in [1.82, 2.24) is 0 Å². The number of aliphatic hydroxyl groups excluding tert-OH is 1. The van der Waals surface area contributed by atoms with E-state index in [1.54, 1.807) is 18.2 Å². The van der Waals surface area contributed by atoms with Gasteiger partial charge in [-0.15, -0.1) is 0 Å². The van der Waals surface area contributed by atoms with Crippen LogP contribution in [0.15, 0.2) is 59.9 Å². The molecule has 0 fully saturated rings. The molecular formula is C15H15NO2. The maximum atomic E-state index is 10.9. The summed E-state index contributed by atoms with van der Waals surface area (Å²) in [5.41, 5.74) is 7.95. The van der Waals surface area contributed by atoms with Crippen LogP contribution in [0.5, 0.6) is 0 Å². The lowest BCUT2D eigenvalue weighted by molar-refractivity contribution is 0.100. The Labute approximate surface area is 106 Å². The molecule has 3 heteroatoms. The Balaban J connectivity index is 2.08. The number of rotatable bonds is 3. The minimum Gasteiger partial charge on any atom is -0.512 e. The Kier molecular flexibility index (Phi) is 3.63. The van der Waals surface area contributed by atoms with Gasteiger partial charge in [-0.3, -0.25) is 4.79 Å². The molecule has 0 saturated carbocycles. The van der Waals surface area contributed by atoms with E-state index >= 15 is 0 Å². The SMILES string of the molecule is NC(=O)c1ccc(CC2=CCC(O)=CC=C2)cc1. The highest BCUT2D eigenvalue weighted by atomic mass is 16.3. The highest BCUT2D eigenvalue weighted by Gasteiger charge is 2.02. The van der Waals surface area contributed by atoms with Crippen LogP contribution in [0.2, 0.25) is 0 Å². The lowest BCUT2D eigenvalue weighted by atomic mass is 10.0. The average molecular weight is 241 g/mol. The number of hydrogen-bond donors (Lipinski definition) is 2. The zero-order valence-corrected chi connectivity index (χ0v) is 9.97. The third-order valence-corrected chi connectivity index (χ3v) is 2.82. The lowest BCUT2D eigenvalue weighted by Gasteiger charge is -2.03. The van der Waals surface area contributed by atoms with E-state index in [-0.39, 0.29) is 0 Å². The highest BCUT2D eigenvalue weighted by Crippen LogP contribution is 2.15. The average Bonchev–Trinajstić information content (AvgIpc) is 2.55. The van der Waals surface area contributed by atoms with Gasteiger partial charge in [0.05, 0.1) is 5.76 Å². The van der Waals surface area contributed by atoms with Crippen molar-refractivity contribution in [2.75, 3.05) is 0 Å². The van der Waals surface area contributed by atoms with Gasteiger partial charge in [-0.1, -0.05) is 30.4 Å². The second-order valence-corrected chi connectivity index (χ2v) is 4.24. The van der Waals surface area contributed by atoms with Crippen molar-refractivity contribution in [1.29, 1.82) is 0 Å². The zero-order chi connectivity index (χ0) is 13.0. The number of primary amides is 1. The molecule has 0 bridgehead atoms. The molecule has 1 aliphatic carbocycles. The second-order valence-electron chi connectivity index (χ2n) is 4.24. The number of amides is 1. The Bertz CT molecular complexity index is 536. The van der Waals surface area contributed by atoms with Crippen molar-refractivity contribution < 1.29 is 9.90 Å². The van der Waals surface area contributed by atoms with E-state index in [0.29, 0.717) is 17.7 Å². The summed E-state index contributed by atoms with van der Waals surface area (Å²) < 4.78 is 0. The van der Waals surface area contributed by atoms with Crippen LogP contribution in [0.3, 0.4) is 0 Å². The van der Waals surface area contributed by atoms with Gasteiger partial charge in [-0.2, -0.15) is 0 Å². The Hall–Kier alpha value is -2.29. The normalized spacial score (nSPS) is 14.7. The number of carbonyl (C=O) groups is 1. The van der Waals surface area contributed by atoms with Gasteiger partial charge >= 0.3 is 0 Å². The molecule has 3 N–H and O–H groups in total. The molecule has 1 aromatic carbocycles. The van der Waals surface area contributed by atoms with E-state index in [0.717, 1.165) is 17.6 Å². The molecule has 0 heterocycles. The van der Waals surface area contributed by atoms with Crippen molar-refractivity contribution in [3.05, 3.63) is 71.0 Å². The molecule has 0 saturated heterocycles. The summed E-state index contributed by atoms with van der Waals surface area (Å²) in [4.78, 5) is 10.9. The van der Waals surface area contributed by atoms with Crippen LogP contribution in [-0.4, -0.2) is 11.0 Å². The molecular weight excluding hydrogens is 226 g/mol. The van der Waals surface area contributed by atoms with E-state index in [4.69, 9.17) is 5.73 Å². The first kappa shape index (κ1) is 12.2. The predicted octanol–water partition coefficient (Wildman–Crippen LogP) is 2.66. The van der Waals surface area contributed by atoms with Crippen LogP contribution in [0.25, 0.3) is 0 Å². The summed E-state index contributed by atoms with van der Waals surface area (Å²) in [7, 11) is 0. The number of nitrogens with two attached hydrogens (primary N) is 1. The number of aliphatic hydroxyl groups is 1. The summed E-state index contributed by atoms with van der Waals surface area (Å²) in [6, 6.07) is 7.25. The maximum absolute atomic E-state index is 10.9. The lowest BCUT2D eigenvalue weighted by Crippen LogP contribution is -2.10. The minimum absolute atomic E-state index is 0.366. The van der Waals surface area contributed by atoms with Gasteiger partial charge < -0.3 is 10.8 Å². The molecule has 1 aliphatic rings. The van der Waals surface area contributed by atoms with Gasteiger partial charge in [-0.05, 0) is 35.8 Å². The largest absolute Gasteiger partial charge is 0.512 e. The summed E-state index contributed by atoms with van der Waals surface area (Å²) in [5.74, 6) is -0.0467. The molecule has 1 amide bonds. The third kappa shape index (κ3) is 3.10. The first-order valence-electron chi connectivity index (χ1n) is 5.79. The number of carbonyl (C=O) groups excluding carboxylic acids is 1. The molecule has 0 aliphatic heterocycles. The topological polar surface area (TPSA) is 63.3 Å². The summed E-state index contributed by atoms with van der Waals surface area (Å²) in [6.07, 6.45) is 8.84. The van der Waals surface area contributed by atoms with Crippen molar-refractivity contribution in [3.8, 4) is 0 Å². The molecule has 1 aromatic rings. The van der Waals surface area contributed by atoms with E-state index in [1.807, 2.05) is 30.4 Å². The monoisotopic (exact) mass is 241 g/mol. The van der Waals surface area contributed by atoms with Gasteiger partial charge in [0.2, 0.25) is 5.91 Å². The maximum Gasteiger partial charge on any atom is 0.248 e. The number of allylic oxidation sites excluding steroid dienone is 5. The zero-order valence-electron chi connectivity index (χ0n) is 9.97. The second kappa shape index (κ2) is 5.36. The Morgan fingerprint density at radius 2 is 2.00 bits per heavy atom. The smallest absolute Gasteiger partial charge is 0.248 e. The molecule has 0 atom stereocenters. The van der Waals surface area contributed by atoms with Crippen LogP contribution in [0, 0.1) is 0 Å². The summed E-state index contributed by atoms with van der Waals surface area (Å²) in [5, 5.41) is 9.38. The predicted molar refractivity (Wildman–Crippen MR) is 71.2 cm³/mol. The van der Waals surface area contributed by atoms with Crippen molar-refractivity contribution in [2.24, 2.45) is 5.73 Å². The molecule has 2 rings (SSSR count). The quantitative estimate of drug-likeness (QED) is 0.854. The van der Waals surface area contributed by atoms with Crippen LogP contribution < -0.4 is 5.73 Å². The van der Waals surface area contributed by atoms with Crippen LogP contribution >= 0.6 is 0 Å². The van der Waals surface area contributed by atoms with Crippen LogP contribution in [0.4, 0.5) is 0 Å². The van der Waals surface area contributed by atoms with Crippen LogP contribution in [0.1, 0.15) is 22.3 Å². The third-order valence-electron chi connectivity index (χ3n) is 2.82. The summed E-state index contributed by atoms with van der Waals surface area (Å²) in [6.45, 7) is 0. The molecule has 0 aromatic heterocycles. The van der Waals surface area contributed by atoms with Gasteiger partial charge in [-0.25, -0.2) is 0 Å². The van der Waals surface area contributed by atoms with Crippen molar-refractivity contribution in [3.63, 3.8) is 0 Å². The van der Waals surface area contributed by atoms with Crippen molar-refractivity contribution in [2.45, 2.75) is 12.8 Å². The standard InChI is InChI=1S/C15H15NO2/c16-15(18)13-7-4-12(5-8-13)10-11-2-1-3-14(17)9-6-11/h1-8,17H,9-10H2,(H2,16,18). The minimum atomic E-state index is -0.413.